The van der Waals surface area contributed by atoms with Crippen LogP contribution in [0.2, 0.25) is 0 Å². The molecule has 1 heterocycles. The summed E-state index contributed by atoms with van der Waals surface area (Å²) in [5.41, 5.74) is 4.48. The number of benzene rings is 2. The number of nitrogens with one attached hydrogen (secondary N) is 1. The standard InChI is InChI=1S/C21H19BrN2O/c1-3-11-23-21(25)18-13-20(15-7-5-14(4-2)6-8-15)24-19-10-9-16(22)12-17(18)19/h3,5-10,12-13H,1,4,11H2,2H3,(H,23,25). The Labute approximate surface area is 155 Å². The lowest BCUT2D eigenvalue weighted by Gasteiger charge is -2.11. The predicted molar refractivity (Wildman–Crippen MR) is 107 cm³/mol. The lowest BCUT2D eigenvalue weighted by Crippen LogP contribution is -2.23. The van der Waals surface area contributed by atoms with E-state index in [2.05, 4.69) is 59.0 Å². The summed E-state index contributed by atoms with van der Waals surface area (Å²) in [6.45, 7) is 6.21. The number of aromatic nitrogens is 1. The topological polar surface area (TPSA) is 42.0 Å². The van der Waals surface area contributed by atoms with E-state index in [1.807, 2.05) is 24.3 Å². The highest BCUT2D eigenvalue weighted by atomic mass is 79.9. The molecule has 0 bridgehead atoms. The first-order chi connectivity index (χ1) is 12.1. The fourth-order valence-electron chi connectivity index (χ4n) is 2.71. The summed E-state index contributed by atoms with van der Waals surface area (Å²) in [4.78, 5) is 17.4. The maximum absolute atomic E-state index is 12.6. The summed E-state index contributed by atoms with van der Waals surface area (Å²) in [6.07, 6.45) is 2.66. The summed E-state index contributed by atoms with van der Waals surface area (Å²) < 4.78 is 0.916. The van der Waals surface area contributed by atoms with E-state index in [1.54, 1.807) is 6.08 Å². The first kappa shape index (κ1) is 17.4. The van der Waals surface area contributed by atoms with Gasteiger partial charge in [0, 0.05) is 22.0 Å². The SMILES string of the molecule is C=CCNC(=O)c1cc(-c2ccc(CC)cc2)nc2ccc(Br)cc12. The van der Waals surface area contributed by atoms with E-state index in [-0.39, 0.29) is 5.91 Å². The molecule has 1 amide bonds. The van der Waals surface area contributed by atoms with Crippen molar-refractivity contribution < 1.29 is 4.79 Å². The van der Waals surface area contributed by atoms with Gasteiger partial charge in [0.1, 0.15) is 0 Å². The highest BCUT2D eigenvalue weighted by Gasteiger charge is 2.14. The van der Waals surface area contributed by atoms with E-state index in [9.17, 15) is 4.79 Å². The number of pyridine rings is 1. The average molecular weight is 395 g/mol. The van der Waals surface area contributed by atoms with Crippen molar-refractivity contribution in [1.29, 1.82) is 0 Å². The smallest absolute Gasteiger partial charge is 0.252 e. The summed E-state index contributed by atoms with van der Waals surface area (Å²) in [5.74, 6) is -0.128. The molecule has 0 fully saturated rings. The molecule has 3 aromatic rings. The molecule has 0 saturated carbocycles. The predicted octanol–water partition coefficient (Wildman–Crippen LogP) is 5.14. The van der Waals surface area contributed by atoms with Gasteiger partial charge in [-0.05, 0) is 36.2 Å². The summed E-state index contributed by atoms with van der Waals surface area (Å²) in [6, 6.07) is 15.9. The van der Waals surface area contributed by atoms with Gasteiger partial charge in [0.25, 0.3) is 5.91 Å². The molecule has 0 unspecified atom stereocenters. The zero-order valence-corrected chi connectivity index (χ0v) is 15.6. The minimum Gasteiger partial charge on any atom is -0.349 e. The highest BCUT2D eigenvalue weighted by Crippen LogP contribution is 2.27. The van der Waals surface area contributed by atoms with E-state index in [1.165, 1.54) is 5.56 Å². The van der Waals surface area contributed by atoms with Gasteiger partial charge >= 0.3 is 0 Å². The molecule has 0 aliphatic rings. The van der Waals surface area contributed by atoms with E-state index in [0.717, 1.165) is 33.1 Å². The van der Waals surface area contributed by atoms with Crippen molar-refractivity contribution in [2.45, 2.75) is 13.3 Å². The van der Waals surface area contributed by atoms with Crippen molar-refractivity contribution in [2.24, 2.45) is 0 Å². The van der Waals surface area contributed by atoms with Crippen molar-refractivity contribution in [3.63, 3.8) is 0 Å². The molecule has 0 saturated heterocycles. The van der Waals surface area contributed by atoms with Crippen LogP contribution in [0.15, 0.2) is 65.7 Å². The van der Waals surface area contributed by atoms with E-state index < -0.39 is 0 Å². The van der Waals surface area contributed by atoms with Crippen molar-refractivity contribution in [1.82, 2.24) is 10.3 Å². The normalized spacial score (nSPS) is 10.6. The summed E-state index contributed by atoms with van der Waals surface area (Å²) >= 11 is 3.47. The number of carbonyl (C=O) groups excluding carboxylic acids is 1. The molecule has 0 aliphatic heterocycles. The summed E-state index contributed by atoms with van der Waals surface area (Å²) in [5, 5.41) is 3.68. The van der Waals surface area contributed by atoms with Gasteiger partial charge in [0.05, 0.1) is 16.8 Å². The minimum atomic E-state index is -0.128. The second-order valence-electron chi connectivity index (χ2n) is 5.77. The van der Waals surface area contributed by atoms with Crippen LogP contribution >= 0.6 is 15.9 Å². The largest absolute Gasteiger partial charge is 0.349 e. The molecule has 126 valence electrons. The summed E-state index contributed by atoms with van der Waals surface area (Å²) in [7, 11) is 0. The van der Waals surface area contributed by atoms with Crippen molar-refractivity contribution in [3.8, 4) is 11.3 Å². The van der Waals surface area contributed by atoms with Crippen LogP contribution in [-0.2, 0) is 6.42 Å². The van der Waals surface area contributed by atoms with Gasteiger partial charge in [-0.2, -0.15) is 0 Å². The van der Waals surface area contributed by atoms with Gasteiger partial charge in [-0.3, -0.25) is 4.79 Å². The number of aryl methyl sites for hydroxylation is 1. The number of halogens is 1. The third kappa shape index (κ3) is 3.80. The van der Waals surface area contributed by atoms with Gasteiger partial charge < -0.3 is 5.32 Å². The maximum atomic E-state index is 12.6. The highest BCUT2D eigenvalue weighted by molar-refractivity contribution is 9.10. The van der Waals surface area contributed by atoms with Crippen LogP contribution in [0.25, 0.3) is 22.2 Å². The van der Waals surface area contributed by atoms with Gasteiger partial charge in [0.15, 0.2) is 0 Å². The number of amides is 1. The van der Waals surface area contributed by atoms with Crippen LogP contribution in [-0.4, -0.2) is 17.4 Å². The maximum Gasteiger partial charge on any atom is 0.252 e. The monoisotopic (exact) mass is 394 g/mol. The second kappa shape index (κ2) is 7.62. The Morgan fingerprint density at radius 3 is 2.64 bits per heavy atom. The fourth-order valence-corrected chi connectivity index (χ4v) is 3.07. The molecule has 0 atom stereocenters. The Morgan fingerprint density at radius 1 is 1.20 bits per heavy atom. The molecule has 0 spiro atoms. The Kier molecular flexibility index (Phi) is 5.29. The van der Waals surface area contributed by atoms with Crippen LogP contribution < -0.4 is 5.32 Å². The number of hydrogen-bond acceptors (Lipinski definition) is 2. The quantitative estimate of drug-likeness (QED) is 0.608. The van der Waals surface area contributed by atoms with Crippen molar-refractivity contribution in [3.05, 3.63) is 76.8 Å². The van der Waals surface area contributed by atoms with Crippen molar-refractivity contribution >= 4 is 32.7 Å². The lowest BCUT2D eigenvalue weighted by molar-refractivity contribution is 0.0959. The second-order valence-corrected chi connectivity index (χ2v) is 6.68. The number of carbonyl (C=O) groups is 1. The fraction of sp³-hybridized carbons (Fsp3) is 0.143. The third-order valence-electron chi connectivity index (χ3n) is 4.08. The van der Waals surface area contributed by atoms with Gasteiger partial charge in [-0.15, -0.1) is 6.58 Å². The number of rotatable bonds is 5. The molecule has 0 aliphatic carbocycles. The van der Waals surface area contributed by atoms with Gasteiger partial charge in [0.2, 0.25) is 0 Å². The molecule has 2 aromatic carbocycles. The lowest BCUT2D eigenvalue weighted by atomic mass is 10.0. The molecule has 25 heavy (non-hydrogen) atoms. The van der Waals surface area contributed by atoms with Crippen molar-refractivity contribution in [2.75, 3.05) is 6.54 Å². The van der Waals surface area contributed by atoms with Crippen LogP contribution in [0.4, 0.5) is 0 Å². The molecule has 3 rings (SSSR count). The Balaban J connectivity index is 2.14. The molecular formula is C21H19BrN2O. The molecule has 0 radical (unpaired) electrons. The number of hydrogen-bond donors (Lipinski definition) is 1. The Bertz CT molecular complexity index is 933. The molecule has 3 nitrogen and oxygen atoms in total. The van der Waals surface area contributed by atoms with E-state index in [4.69, 9.17) is 4.98 Å². The minimum absolute atomic E-state index is 0.128. The number of nitrogens with zero attached hydrogens (tertiary/aromatic N) is 1. The molecule has 1 aromatic heterocycles. The molecule has 1 N–H and O–H groups in total. The zero-order valence-electron chi connectivity index (χ0n) is 14.1. The van der Waals surface area contributed by atoms with Crippen LogP contribution in [0, 0.1) is 0 Å². The zero-order chi connectivity index (χ0) is 17.8. The first-order valence-electron chi connectivity index (χ1n) is 8.21. The van der Waals surface area contributed by atoms with Crippen LogP contribution in [0.5, 0.6) is 0 Å². The third-order valence-corrected chi connectivity index (χ3v) is 4.57. The number of fused-ring (bicyclic) bond motifs is 1. The van der Waals surface area contributed by atoms with Gasteiger partial charge in [-0.1, -0.05) is 53.2 Å². The average Bonchev–Trinajstić information content (AvgIpc) is 2.65. The van der Waals surface area contributed by atoms with E-state index >= 15 is 0 Å². The first-order valence-corrected chi connectivity index (χ1v) is 9.00. The Hall–Kier alpha value is -2.46. The molecular weight excluding hydrogens is 376 g/mol. The van der Waals surface area contributed by atoms with E-state index in [0.29, 0.717) is 12.1 Å². The van der Waals surface area contributed by atoms with Gasteiger partial charge in [-0.25, -0.2) is 4.98 Å². The Morgan fingerprint density at radius 2 is 1.96 bits per heavy atom. The van der Waals surface area contributed by atoms with Crippen LogP contribution in [0.3, 0.4) is 0 Å². The van der Waals surface area contributed by atoms with Crippen LogP contribution in [0.1, 0.15) is 22.8 Å². The molecule has 4 heteroatoms.